The van der Waals surface area contributed by atoms with E-state index in [4.69, 9.17) is 4.74 Å². The van der Waals surface area contributed by atoms with Crippen LogP contribution >= 0.6 is 0 Å². The summed E-state index contributed by atoms with van der Waals surface area (Å²) in [7, 11) is 0. The molecule has 0 unspecified atom stereocenters. The Labute approximate surface area is 236 Å². The number of carbonyl (C=O) groups is 3. The van der Waals surface area contributed by atoms with Gasteiger partial charge in [-0.3, -0.25) is 19.3 Å². The van der Waals surface area contributed by atoms with Crippen LogP contribution in [0.2, 0.25) is 0 Å². The van der Waals surface area contributed by atoms with Crippen molar-refractivity contribution in [3.63, 3.8) is 0 Å². The summed E-state index contributed by atoms with van der Waals surface area (Å²) in [6.07, 6.45) is 6.80. The third-order valence-corrected chi connectivity index (χ3v) is 9.00. The lowest BCUT2D eigenvalue weighted by Gasteiger charge is -2.46. The molecule has 3 N–H and O–H groups in total. The number of benzene rings is 1. The van der Waals surface area contributed by atoms with Crippen LogP contribution in [0.1, 0.15) is 57.4 Å². The van der Waals surface area contributed by atoms with E-state index in [0.717, 1.165) is 37.8 Å². The summed E-state index contributed by atoms with van der Waals surface area (Å²) in [5, 5.41) is 15.5. The Balaban J connectivity index is 1.47. The van der Waals surface area contributed by atoms with Crippen LogP contribution in [-0.4, -0.2) is 97.3 Å². The highest BCUT2D eigenvalue weighted by molar-refractivity contribution is 5.90. The number of piperidine rings is 1. The number of hydrogen-bond acceptors (Lipinski definition) is 7. The first kappa shape index (κ1) is 30.4. The Morgan fingerprint density at radius 1 is 1.12 bits per heavy atom. The van der Waals surface area contributed by atoms with Crippen LogP contribution in [0.5, 0.6) is 0 Å². The van der Waals surface area contributed by atoms with Gasteiger partial charge in [0.05, 0.1) is 24.7 Å². The van der Waals surface area contributed by atoms with Crippen molar-refractivity contribution < 1.29 is 28.6 Å². The second kappa shape index (κ2) is 14.4. The summed E-state index contributed by atoms with van der Waals surface area (Å²) < 4.78 is 19.1. The lowest BCUT2D eigenvalue weighted by molar-refractivity contribution is -0.166. The summed E-state index contributed by atoms with van der Waals surface area (Å²) in [6, 6.07) is 4.65. The molecular weight excluding hydrogens is 515 g/mol. The summed E-state index contributed by atoms with van der Waals surface area (Å²) in [6.45, 7) is 5.31. The summed E-state index contributed by atoms with van der Waals surface area (Å²) in [5.74, 6) is -0.697. The molecule has 2 atom stereocenters. The highest BCUT2D eigenvalue weighted by Gasteiger charge is 2.49. The van der Waals surface area contributed by atoms with E-state index in [1.54, 1.807) is 17.0 Å². The van der Waals surface area contributed by atoms with Crippen LogP contribution in [0.25, 0.3) is 0 Å². The van der Waals surface area contributed by atoms with Gasteiger partial charge >= 0.3 is 5.97 Å². The maximum atomic E-state index is 13.9. The van der Waals surface area contributed by atoms with Gasteiger partial charge in [0.2, 0.25) is 11.8 Å². The fourth-order valence-corrected chi connectivity index (χ4v) is 6.72. The lowest BCUT2D eigenvalue weighted by atomic mass is 9.63. The number of likely N-dealkylation sites (tertiary alicyclic amines) is 1. The molecule has 3 fully saturated rings. The van der Waals surface area contributed by atoms with Crippen molar-refractivity contribution in [2.75, 3.05) is 52.5 Å². The van der Waals surface area contributed by atoms with Crippen molar-refractivity contribution in [1.82, 2.24) is 20.4 Å². The van der Waals surface area contributed by atoms with Crippen molar-refractivity contribution in [2.45, 2.75) is 70.4 Å². The standard InChI is InChI=1S/C30H45FN4O5/c1-2-40-29(39)30(23-6-4-3-5-7-23)12-15-35(16-13-30)28(38)25(20-22-8-10-24(31)11-9-22)33-27(37)26-21-34(18-19-36)17-14-32-26/h8-11,23,25-26,32,36H,2-7,12-21H2,1H3,(H,33,37)/t25-,26+/m1/s1. The number of halogens is 1. The maximum absolute atomic E-state index is 13.9. The topological polar surface area (TPSA) is 111 Å². The number of aliphatic hydroxyl groups is 1. The van der Waals surface area contributed by atoms with E-state index < -0.39 is 17.5 Å². The van der Waals surface area contributed by atoms with Gasteiger partial charge in [0.15, 0.2) is 0 Å². The van der Waals surface area contributed by atoms with Gasteiger partial charge in [0, 0.05) is 45.7 Å². The van der Waals surface area contributed by atoms with E-state index in [1.165, 1.54) is 18.6 Å². The minimum atomic E-state index is -0.822. The van der Waals surface area contributed by atoms with Crippen LogP contribution in [0.4, 0.5) is 4.39 Å². The van der Waals surface area contributed by atoms with Gasteiger partial charge in [-0.25, -0.2) is 4.39 Å². The van der Waals surface area contributed by atoms with Crippen molar-refractivity contribution in [3.8, 4) is 0 Å². The molecule has 9 nitrogen and oxygen atoms in total. The Bertz CT molecular complexity index is 990. The summed E-state index contributed by atoms with van der Waals surface area (Å²) in [5.41, 5.74) is 0.184. The van der Waals surface area contributed by atoms with Crippen molar-refractivity contribution in [3.05, 3.63) is 35.6 Å². The molecule has 2 heterocycles. The zero-order valence-electron chi connectivity index (χ0n) is 23.7. The molecule has 1 aromatic rings. The van der Waals surface area contributed by atoms with Gasteiger partial charge in [-0.1, -0.05) is 31.4 Å². The molecule has 0 aromatic heterocycles. The van der Waals surface area contributed by atoms with Crippen molar-refractivity contribution in [2.24, 2.45) is 11.3 Å². The molecule has 2 saturated heterocycles. The van der Waals surface area contributed by atoms with Gasteiger partial charge in [-0.2, -0.15) is 0 Å². The van der Waals surface area contributed by atoms with E-state index >= 15 is 0 Å². The smallest absolute Gasteiger partial charge is 0.312 e. The third kappa shape index (κ3) is 7.39. The zero-order valence-corrected chi connectivity index (χ0v) is 23.7. The fourth-order valence-electron chi connectivity index (χ4n) is 6.72. The molecule has 4 rings (SSSR count). The number of nitrogens with zero attached hydrogens (tertiary/aromatic N) is 2. The molecule has 3 aliphatic rings. The van der Waals surface area contributed by atoms with Crippen LogP contribution in [0.3, 0.4) is 0 Å². The number of amides is 2. The number of aliphatic hydroxyl groups excluding tert-OH is 1. The average Bonchev–Trinajstić information content (AvgIpc) is 2.98. The Morgan fingerprint density at radius 3 is 2.48 bits per heavy atom. The van der Waals surface area contributed by atoms with Crippen LogP contribution in [0, 0.1) is 17.2 Å². The molecule has 1 saturated carbocycles. The number of rotatable bonds is 10. The second-order valence-electron chi connectivity index (χ2n) is 11.5. The zero-order chi connectivity index (χ0) is 28.5. The van der Waals surface area contributed by atoms with Gasteiger partial charge in [0.25, 0.3) is 0 Å². The predicted octanol–water partition coefficient (Wildman–Crippen LogP) is 1.87. The highest BCUT2D eigenvalue weighted by Crippen LogP contribution is 2.47. The molecule has 2 aliphatic heterocycles. The molecule has 40 heavy (non-hydrogen) atoms. The molecule has 0 bridgehead atoms. The third-order valence-electron chi connectivity index (χ3n) is 9.00. The lowest BCUT2D eigenvalue weighted by Crippen LogP contribution is -2.61. The normalized spacial score (nSPS) is 22.9. The van der Waals surface area contributed by atoms with Crippen LogP contribution in [0.15, 0.2) is 24.3 Å². The van der Waals surface area contributed by atoms with E-state index in [1.807, 2.05) is 11.8 Å². The summed E-state index contributed by atoms with van der Waals surface area (Å²) >= 11 is 0. The van der Waals surface area contributed by atoms with E-state index in [-0.39, 0.29) is 42.5 Å². The van der Waals surface area contributed by atoms with Gasteiger partial charge in [-0.05, 0) is 56.2 Å². The quantitative estimate of drug-likeness (QED) is 0.375. The molecular formula is C30H45FN4O5. The fraction of sp³-hybridized carbons (Fsp3) is 0.700. The Hall–Kier alpha value is -2.56. The number of esters is 1. The highest BCUT2D eigenvalue weighted by atomic mass is 19.1. The summed E-state index contributed by atoms with van der Waals surface area (Å²) in [4.78, 5) is 44.2. The van der Waals surface area contributed by atoms with Gasteiger partial charge in [0.1, 0.15) is 11.9 Å². The monoisotopic (exact) mass is 560 g/mol. The Morgan fingerprint density at radius 2 is 1.82 bits per heavy atom. The molecule has 2 amide bonds. The minimum Gasteiger partial charge on any atom is -0.466 e. The Kier molecular flexibility index (Phi) is 10.9. The first-order chi connectivity index (χ1) is 19.4. The van der Waals surface area contributed by atoms with Crippen molar-refractivity contribution >= 4 is 17.8 Å². The van der Waals surface area contributed by atoms with E-state index in [9.17, 15) is 23.9 Å². The first-order valence-corrected chi connectivity index (χ1v) is 14.9. The van der Waals surface area contributed by atoms with Gasteiger partial charge < -0.3 is 25.4 Å². The van der Waals surface area contributed by atoms with Crippen LogP contribution < -0.4 is 10.6 Å². The largest absolute Gasteiger partial charge is 0.466 e. The number of hydrogen-bond donors (Lipinski definition) is 3. The number of ether oxygens (including phenoxy) is 1. The number of nitrogens with one attached hydrogen (secondary N) is 2. The second-order valence-corrected chi connectivity index (χ2v) is 11.5. The number of piperazine rings is 1. The average molecular weight is 561 g/mol. The minimum absolute atomic E-state index is 0.0170. The SMILES string of the molecule is CCOC(=O)C1(C2CCCCC2)CCN(C(=O)[C@@H](Cc2ccc(F)cc2)NC(=O)[C@@H]2CN(CCO)CCN2)CC1. The number of β-amino-alcohol motifs (C(OH)–C–C–N with tert-alkyl or cyclic N) is 1. The number of carbonyl (C=O) groups excluding carboxylic acids is 3. The molecule has 1 aromatic carbocycles. The van der Waals surface area contributed by atoms with E-state index in [0.29, 0.717) is 52.2 Å². The molecule has 222 valence electrons. The molecule has 1 aliphatic carbocycles. The van der Waals surface area contributed by atoms with E-state index in [2.05, 4.69) is 10.6 Å². The first-order valence-electron chi connectivity index (χ1n) is 14.9. The maximum Gasteiger partial charge on any atom is 0.312 e. The predicted molar refractivity (Wildman–Crippen MR) is 149 cm³/mol. The van der Waals surface area contributed by atoms with Crippen LogP contribution in [-0.2, 0) is 25.5 Å². The van der Waals surface area contributed by atoms with Crippen molar-refractivity contribution in [1.29, 1.82) is 0 Å². The molecule has 0 radical (unpaired) electrons. The molecule has 10 heteroatoms. The molecule has 0 spiro atoms. The van der Waals surface area contributed by atoms with Gasteiger partial charge in [-0.15, -0.1) is 0 Å².